The monoisotopic (exact) mass is 315 g/mol. The smallest absolute Gasteiger partial charge is 0.207 e. The standard InChI is InChI=1S/C16H18ClN5/c1-11-7-21-9-14-15(18-10-20(14)2)22(16(21)19-11)8-12-3-5-13(17)6-4-12/h3-6,9,11H,7-8,10H2,1-2H3. The van der Waals surface area contributed by atoms with Crippen LogP contribution >= 0.6 is 11.6 Å². The SMILES string of the molecule is CC1CN2C=C3C(=NCN3C)N(Cc3ccc(Cl)cc3)C2=N1. The lowest BCUT2D eigenvalue weighted by molar-refractivity contribution is 0.424. The van der Waals surface area contributed by atoms with E-state index < -0.39 is 0 Å². The number of aliphatic imine (C=N–C) groups is 2. The molecule has 3 aliphatic rings. The number of benzene rings is 1. The fourth-order valence-corrected chi connectivity index (χ4v) is 3.18. The molecule has 1 aromatic carbocycles. The average molecular weight is 316 g/mol. The lowest BCUT2D eigenvalue weighted by atomic mass is 10.2. The summed E-state index contributed by atoms with van der Waals surface area (Å²) in [7, 11) is 2.07. The first-order chi connectivity index (χ1) is 10.6. The van der Waals surface area contributed by atoms with Crippen molar-refractivity contribution < 1.29 is 0 Å². The number of amidine groups is 1. The van der Waals surface area contributed by atoms with Gasteiger partial charge in [-0.2, -0.15) is 0 Å². The number of likely N-dealkylation sites (N-methyl/N-ethyl adjacent to an activating group) is 1. The van der Waals surface area contributed by atoms with Crippen LogP contribution in [0.25, 0.3) is 0 Å². The Bertz CT molecular complexity index is 691. The first-order valence-corrected chi connectivity index (χ1v) is 7.84. The van der Waals surface area contributed by atoms with E-state index in [1.165, 1.54) is 11.3 Å². The predicted molar refractivity (Wildman–Crippen MR) is 88.7 cm³/mol. The van der Waals surface area contributed by atoms with Crippen molar-refractivity contribution >= 4 is 23.4 Å². The fraction of sp³-hybridized carbons (Fsp3) is 0.375. The van der Waals surface area contributed by atoms with Gasteiger partial charge in [-0.05, 0) is 24.6 Å². The molecule has 1 unspecified atom stereocenters. The molecule has 0 spiro atoms. The molecule has 0 N–H and O–H groups in total. The van der Waals surface area contributed by atoms with Gasteiger partial charge in [0.15, 0.2) is 5.84 Å². The Balaban J connectivity index is 1.71. The van der Waals surface area contributed by atoms with Crippen molar-refractivity contribution in [1.29, 1.82) is 0 Å². The molecule has 0 saturated carbocycles. The summed E-state index contributed by atoms with van der Waals surface area (Å²) in [5, 5.41) is 0.759. The number of nitrogens with zero attached hydrogens (tertiary/aromatic N) is 5. The molecule has 0 bridgehead atoms. The molecule has 22 heavy (non-hydrogen) atoms. The van der Waals surface area contributed by atoms with E-state index in [1.54, 1.807) is 0 Å². The summed E-state index contributed by atoms with van der Waals surface area (Å²) in [6.07, 6.45) is 2.17. The minimum absolute atomic E-state index is 0.310. The van der Waals surface area contributed by atoms with Crippen LogP contribution in [0.1, 0.15) is 12.5 Å². The van der Waals surface area contributed by atoms with E-state index >= 15 is 0 Å². The van der Waals surface area contributed by atoms with Crippen LogP contribution in [-0.2, 0) is 6.54 Å². The minimum atomic E-state index is 0.310. The number of hydrogen-bond acceptors (Lipinski definition) is 5. The van der Waals surface area contributed by atoms with Crippen LogP contribution in [0.4, 0.5) is 0 Å². The van der Waals surface area contributed by atoms with Crippen LogP contribution < -0.4 is 0 Å². The Morgan fingerprint density at radius 3 is 2.82 bits per heavy atom. The highest BCUT2D eigenvalue weighted by atomic mass is 35.5. The summed E-state index contributed by atoms with van der Waals surface area (Å²) in [6.45, 7) is 4.53. The van der Waals surface area contributed by atoms with E-state index in [0.717, 1.165) is 29.9 Å². The van der Waals surface area contributed by atoms with Crippen molar-refractivity contribution in [3.8, 4) is 0 Å². The Morgan fingerprint density at radius 2 is 2.05 bits per heavy atom. The van der Waals surface area contributed by atoms with E-state index in [0.29, 0.717) is 12.7 Å². The molecule has 1 atom stereocenters. The first kappa shape index (κ1) is 13.6. The predicted octanol–water partition coefficient (Wildman–Crippen LogP) is 2.36. The number of rotatable bonds is 2. The van der Waals surface area contributed by atoms with Gasteiger partial charge in [0.1, 0.15) is 6.67 Å². The van der Waals surface area contributed by atoms with E-state index in [9.17, 15) is 0 Å². The maximum absolute atomic E-state index is 5.99. The third kappa shape index (κ3) is 2.16. The van der Waals surface area contributed by atoms with Crippen LogP contribution in [-0.4, -0.2) is 52.8 Å². The molecule has 3 aliphatic heterocycles. The van der Waals surface area contributed by atoms with Gasteiger partial charge in [-0.1, -0.05) is 23.7 Å². The Hall–Kier alpha value is -2.01. The van der Waals surface area contributed by atoms with Gasteiger partial charge in [-0.25, -0.2) is 9.98 Å². The molecule has 0 aromatic heterocycles. The van der Waals surface area contributed by atoms with Crippen molar-refractivity contribution in [2.45, 2.75) is 19.5 Å². The highest BCUT2D eigenvalue weighted by Crippen LogP contribution is 2.28. The molecule has 0 radical (unpaired) electrons. The van der Waals surface area contributed by atoms with E-state index in [1.807, 2.05) is 12.1 Å². The highest BCUT2D eigenvalue weighted by molar-refractivity contribution is 6.30. The largest absolute Gasteiger partial charge is 0.351 e. The maximum atomic E-state index is 5.99. The topological polar surface area (TPSA) is 34.4 Å². The van der Waals surface area contributed by atoms with E-state index in [-0.39, 0.29) is 0 Å². The molecule has 0 fully saturated rings. The quantitative estimate of drug-likeness (QED) is 0.840. The molecule has 5 nitrogen and oxygen atoms in total. The number of guanidine groups is 1. The second-order valence-corrected chi connectivity index (χ2v) is 6.41. The van der Waals surface area contributed by atoms with Gasteiger partial charge in [-0.3, -0.25) is 4.90 Å². The van der Waals surface area contributed by atoms with Crippen LogP contribution in [0.3, 0.4) is 0 Å². The average Bonchev–Trinajstić information content (AvgIpc) is 3.04. The molecule has 4 rings (SSSR count). The molecule has 3 heterocycles. The summed E-state index contributed by atoms with van der Waals surface area (Å²) in [4.78, 5) is 16.1. The van der Waals surface area contributed by atoms with E-state index in [4.69, 9.17) is 16.6 Å². The van der Waals surface area contributed by atoms with Gasteiger partial charge in [0, 0.05) is 24.8 Å². The fourth-order valence-electron chi connectivity index (χ4n) is 3.05. The van der Waals surface area contributed by atoms with Gasteiger partial charge in [0.25, 0.3) is 0 Å². The van der Waals surface area contributed by atoms with Gasteiger partial charge in [-0.15, -0.1) is 0 Å². The number of fused-ring (bicyclic) bond motifs is 2. The van der Waals surface area contributed by atoms with Gasteiger partial charge < -0.3 is 9.80 Å². The van der Waals surface area contributed by atoms with Crippen LogP contribution in [0.15, 0.2) is 46.1 Å². The van der Waals surface area contributed by atoms with Crippen LogP contribution in [0, 0.1) is 0 Å². The maximum Gasteiger partial charge on any atom is 0.207 e. The molecule has 6 heteroatoms. The molecule has 114 valence electrons. The van der Waals surface area contributed by atoms with Crippen molar-refractivity contribution in [1.82, 2.24) is 14.7 Å². The number of hydrogen-bond donors (Lipinski definition) is 0. The third-order valence-corrected chi connectivity index (χ3v) is 4.41. The van der Waals surface area contributed by atoms with Crippen molar-refractivity contribution in [3.63, 3.8) is 0 Å². The molecule has 1 aromatic rings. The lowest BCUT2D eigenvalue weighted by Crippen LogP contribution is -2.48. The minimum Gasteiger partial charge on any atom is -0.351 e. The van der Waals surface area contributed by atoms with Crippen molar-refractivity contribution in [2.24, 2.45) is 9.98 Å². The third-order valence-electron chi connectivity index (χ3n) is 4.16. The van der Waals surface area contributed by atoms with Crippen LogP contribution in [0.5, 0.6) is 0 Å². The van der Waals surface area contributed by atoms with Gasteiger partial charge in [0.2, 0.25) is 5.96 Å². The first-order valence-electron chi connectivity index (χ1n) is 7.46. The molecule has 0 aliphatic carbocycles. The van der Waals surface area contributed by atoms with Crippen LogP contribution in [0.2, 0.25) is 5.02 Å². The molecular formula is C16H18ClN5. The molecule has 0 amide bonds. The second-order valence-electron chi connectivity index (χ2n) is 5.98. The molecular weight excluding hydrogens is 298 g/mol. The lowest BCUT2D eigenvalue weighted by Gasteiger charge is -2.35. The van der Waals surface area contributed by atoms with Crippen molar-refractivity contribution in [3.05, 3.63) is 46.7 Å². The van der Waals surface area contributed by atoms with E-state index in [2.05, 4.69) is 52.0 Å². The second kappa shape index (κ2) is 5.02. The molecule has 0 saturated heterocycles. The highest BCUT2D eigenvalue weighted by Gasteiger charge is 2.37. The summed E-state index contributed by atoms with van der Waals surface area (Å²) in [6, 6.07) is 8.28. The van der Waals surface area contributed by atoms with Gasteiger partial charge >= 0.3 is 0 Å². The zero-order chi connectivity index (χ0) is 15.3. The Labute approximate surface area is 135 Å². The van der Waals surface area contributed by atoms with Crippen molar-refractivity contribution in [2.75, 3.05) is 20.3 Å². The normalized spacial score (nSPS) is 23.1. The zero-order valence-electron chi connectivity index (χ0n) is 12.7. The summed E-state index contributed by atoms with van der Waals surface area (Å²) in [5.41, 5.74) is 2.37. The summed E-state index contributed by atoms with van der Waals surface area (Å²) < 4.78 is 0. The number of halogens is 1. The summed E-state index contributed by atoms with van der Waals surface area (Å²) in [5.74, 6) is 2.02. The van der Waals surface area contributed by atoms with Gasteiger partial charge in [0.05, 0.1) is 18.3 Å². The Kier molecular flexibility index (Phi) is 3.11. The summed E-state index contributed by atoms with van der Waals surface area (Å²) >= 11 is 5.99. The Morgan fingerprint density at radius 1 is 1.27 bits per heavy atom. The zero-order valence-corrected chi connectivity index (χ0v) is 13.5.